The molecule has 138 valence electrons. The van der Waals surface area contributed by atoms with Crippen molar-refractivity contribution in [3.05, 3.63) is 58.9 Å². The molecule has 2 aromatic rings. The normalized spacial score (nSPS) is 11.2. The molecule has 0 saturated carbocycles. The summed E-state index contributed by atoms with van der Waals surface area (Å²) in [6, 6.07) is 8.22. The molecule has 0 aromatic heterocycles. The van der Waals surface area contributed by atoms with E-state index >= 15 is 0 Å². The van der Waals surface area contributed by atoms with E-state index in [-0.39, 0.29) is 11.4 Å². The van der Waals surface area contributed by atoms with Gasteiger partial charge in [0.05, 0.1) is 16.3 Å². The molecule has 26 heavy (non-hydrogen) atoms. The van der Waals surface area contributed by atoms with E-state index < -0.39 is 40.9 Å². The Morgan fingerprint density at radius 2 is 1.81 bits per heavy atom. The Hall–Kier alpha value is -2.61. The number of nitrogens with one attached hydrogen (secondary N) is 1. The van der Waals surface area contributed by atoms with E-state index in [2.05, 4.69) is 5.32 Å². The first-order chi connectivity index (χ1) is 12.1. The zero-order valence-electron chi connectivity index (χ0n) is 13.4. The van der Waals surface area contributed by atoms with Crippen molar-refractivity contribution in [1.29, 1.82) is 0 Å². The first-order valence-electron chi connectivity index (χ1n) is 7.29. The smallest absolute Gasteiger partial charge is 0.325 e. The summed E-state index contributed by atoms with van der Waals surface area (Å²) in [6.07, 6.45) is -4.68. The molecule has 1 N–H and O–H groups in total. The standard InChI is InChI=1S/C17H13ClF4N2O2/c1-10(25)24(15-5-3-2-4-14(15)19)9-16(26)23-11-6-7-13(18)12(8-11)17(20,21)22/h2-8H,9H2,1H3,(H,23,26). The highest BCUT2D eigenvalue weighted by Gasteiger charge is 2.33. The monoisotopic (exact) mass is 388 g/mol. The Labute approximate surface area is 151 Å². The van der Waals surface area contributed by atoms with Crippen LogP contribution in [0.4, 0.5) is 28.9 Å². The third-order valence-corrected chi connectivity index (χ3v) is 3.71. The van der Waals surface area contributed by atoms with Crippen LogP contribution < -0.4 is 10.2 Å². The molecule has 2 amide bonds. The molecule has 0 aliphatic carbocycles. The predicted molar refractivity (Wildman–Crippen MR) is 89.5 cm³/mol. The molecule has 0 saturated heterocycles. The maximum atomic E-state index is 13.8. The highest BCUT2D eigenvalue weighted by molar-refractivity contribution is 6.31. The van der Waals surface area contributed by atoms with Gasteiger partial charge in [0.25, 0.3) is 0 Å². The number of para-hydroxylation sites is 1. The van der Waals surface area contributed by atoms with Gasteiger partial charge < -0.3 is 10.2 Å². The second-order valence-corrected chi connectivity index (χ2v) is 5.70. The Balaban J connectivity index is 2.19. The summed E-state index contributed by atoms with van der Waals surface area (Å²) in [5.41, 5.74) is -1.36. The summed E-state index contributed by atoms with van der Waals surface area (Å²) in [5, 5.41) is 1.74. The van der Waals surface area contributed by atoms with Crippen LogP contribution in [0.3, 0.4) is 0 Å². The SMILES string of the molecule is CC(=O)N(CC(=O)Nc1ccc(Cl)c(C(F)(F)F)c1)c1ccccc1F. The molecule has 0 fully saturated rings. The Morgan fingerprint density at radius 1 is 1.15 bits per heavy atom. The summed E-state index contributed by atoms with van der Waals surface area (Å²) in [5.74, 6) is -2.10. The Kier molecular flexibility index (Phi) is 5.86. The largest absolute Gasteiger partial charge is 0.417 e. The van der Waals surface area contributed by atoms with E-state index in [1.54, 1.807) is 0 Å². The lowest BCUT2D eigenvalue weighted by Gasteiger charge is -2.21. The van der Waals surface area contributed by atoms with Gasteiger partial charge in [-0.3, -0.25) is 9.59 Å². The molecule has 0 unspecified atom stereocenters. The van der Waals surface area contributed by atoms with Gasteiger partial charge in [0.15, 0.2) is 0 Å². The minimum absolute atomic E-state index is 0.109. The second-order valence-electron chi connectivity index (χ2n) is 5.30. The van der Waals surface area contributed by atoms with Crippen LogP contribution in [0.15, 0.2) is 42.5 Å². The van der Waals surface area contributed by atoms with E-state index in [0.717, 1.165) is 24.0 Å². The fourth-order valence-electron chi connectivity index (χ4n) is 2.20. The van der Waals surface area contributed by atoms with Crippen LogP contribution in [0, 0.1) is 5.82 Å². The van der Waals surface area contributed by atoms with Gasteiger partial charge in [-0.05, 0) is 30.3 Å². The minimum atomic E-state index is -4.68. The van der Waals surface area contributed by atoms with Crippen molar-refractivity contribution in [3.8, 4) is 0 Å². The Bertz CT molecular complexity index is 840. The number of rotatable bonds is 4. The molecule has 0 atom stereocenters. The molecule has 9 heteroatoms. The molecule has 0 heterocycles. The molecule has 2 rings (SSSR count). The van der Waals surface area contributed by atoms with Gasteiger partial charge in [-0.2, -0.15) is 13.2 Å². The summed E-state index contributed by atoms with van der Waals surface area (Å²) in [7, 11) is 0. The predicted octanol–water partition coefficient (Wildman–Crippen LogP) is 4.49. The Morgan fingerprint density at radius 3 is 2.38 bits per heavy atom. The zero-order chi connectivity index (χ0) is 19.5. The van der Waals surface area contributed by atoms with E-state index in [1.807, 2.05) is 0 Å². The molecular formula is C17H13ClF4N2O2. The zero-order valence-corrected chi connectivity index (χ0v) is 14.2. The van der Waals surface area contributed by atoms with Crippen molar-refractivity contribution < 1.29 is 27.2 Å². The average Bonchev–Trinajstić information content (AvgIpc) is 2.54. The van der Waals surface area contributed by atoms with Gasteiger partial charge in [0, 0.05) is 12.6 Å². The molecule has 0 aliphatic heterocycles. The maximum Gasteiger partial charge on any atom is 0.417 e. The van der Waals surface area contributed by atoms with E-state index in [0.29, 0.717) is 6.07 Å². The van der Waals surface area contributed by atoms with Crippen LogP contribution in [-0.2, 0) is 15.8 Å². The quantitative estimate of drug-likeness (QED) is 0.784. The molecule has 0 bridgehead atoms. The number of hydrogen-bond acceptors (Lipinski definition) is 2. The van der Waals surface area contributed by atoms with Crippen LogP contribution in [0.2, 0.25) is 5.02 Å². The molecule has 4 nitrogen and oxygen atoms in total. The summed E-state index contributed by atoms with van der Waals surface area (Å²) in [6.45, 7) is 0.573. The van der Waals surface area contributed by atoms with Crippen molar-refractivity contribution in [2.45, 2.75) is 13.1 Å². The summed E-state index contributed by atoms with van der Waals surface area (Å²) < 4.78 is 52.4. The number of benzene rings is 2. The number of hydrogen-bond donors (Lipinski definition) is 1. The first kappa shape index (κ1) is 19.7. The van der Waals surface area contributed by atoms with Gasteiger partial charge >= 0.3 is 6.18 Å². The van der Waals surface area contributed by atoms with E-state index in [4.69, 9.17) is 11.6 Å². The number of amides is 2. The highest BCUT2D eigenvalue weighted by Crippen LogP contribution is 2.36. The number of alkyl halides is 3. The van der Waals surface area contributed by atoms with Gasteiger partial charge in [0.1, 0.15) is 12.4 Å². The summed E-state index contributed by atoms with van der Waals surface area (Å²) in [4.78, 5) is 24.7. The average molecular weight is 389 g/mol. The third-order valence-electron chi connectivity index (χ3n) is 3.38. The molecule has 2 aromatic carbocycles. The molecule has 0 spiro atoms. The van der Waals surface area contributed by atoms with Crippen molar-refractivity contribution in [3.63, 3.8) is 0 Å². The maximum absolute atomic E-state index is 13.8. The highest BCUT2D eigenvalue weighted by atomic mass is 35.5. The lowest BCUT2D eigenvalue weighted by Crippen LogP contribution is -2.37. The molecule has 0 aliphatic rings. The van der Waals surface area contributed by atoms with Crippen molar-refractivity contribution in [1.82, 2.24) is 0 Å². The van der Waals surface area contributed by atoms with Crippen LogP contribution in [0.5, 0.6) is 0 Å². The number of halogens is 5. The lowest BCUT2D eigenvalue weighted by molar-refractivity contribution is -0.137. The fourth-order valence-corrected chi connectivity index (χ4v) is 2.43. The van der Waals surface area contributed by atoms with Gasteiger partial charge in [-0.1, -0.05) is 23.7 Å². The van der Waals surface area contributed by atoms with Crippen molar-refractivity contribution in [2.24, 2.45) is 0 Å². The van der Waals surface area contributed by atoms with Crippen molar-refractivity contribution >= 4 is 34.8 Å². The van der Waals surface area contributed by atoms with E-state index in [9.17, 15) is 27.2 Å². The van der Waals surface area contributed by atoms with Crippen molar-refractivity contribution in [2.75, 3.05) is 16.8 Å². The topological polar surface area (TPSA) is 49.4 Å². The third kappa shape index (κ3) is 4.72. The number of carbonyl (C=O) groups is 2. The van der Waals surface area contributed by atoms with Gasteiger partial charge in [0.2, 0.25) is 11.8 Å². The molecular weight excluding hydrogens is 376 g/mol. The molecule has 0 radical (unpaired) electrons. The van der Waals surface area contributed by atoms with Crippen LogP contribution >= 0.6 is 11.6 Å². The van der Waals surface area contributed by atoms with Crippen LogP contribution in [0.1, 0.15) is 12.5 Å². The van der Waals surface area contributed by atoms with Gasteiger partial charge in [-0.15, -0.1) is 0 Å². The number of nitrogens with zero attached hydrogens (tertiary/aromatic N) is 1. The van der Waals surface area contributed by atoms with Crippen LogP contribution in [0.25, 0.3) is 0 Å². The number of anilines is 2. The number of carbonyl (C=O) groups excluding carboxylic acids is 2. The summed E-state index contributed by atoms with van der Waals surface area (Å²) >= 11 is 5.51. The fraction of sp³-hybridized carbons (Fsp3) is 0.176. The van der Waals surface area contributed by atoms with E-state index in [1.165, 1.54) is 24.3 Å². The lowest BCUT2D eigenvalue weighted by atomic mass is 10.2. The van der Waals surface area contributed by atoms with Gasteiger partial charge in [-0.25, -0.2) is 4.39 Å². The van der Waals surface area contributed by atoms with Crippen LogP contribution in [-0.4, -0.2) is 18.4 Å². The first-order valence-corrected chi connectivity index (χ1v) is 7.66. The second kappa shape index (κ2) is 7.74. The minimum Gasteiger partial charge on any atom is -0.325 e.